The van der Waals surface area contributed by atoms with E-state index in [0.717, 1.165) is 4.90 Å². The molecule has 0 radical (unpaired) electrons. The fourth-order valence-electron chi connectivity index (χ4n) is 9.27. The van der Waals surface area contributed by atoms with Gasteiger partial charge in [0.1, 0.15) is 23.9 Å². The molecule has 17 nitrogen and oxygen atoms in total. The molecule has 7 amide bonds. The van der Waals surface area contributed by atoms with Crippen molar-refractivity contribution in [2.75, 3.05) is 41.4 Å². The van der Waals surface area contributed by atoms with Crippen molar-refractivity contribution in [1.82, 2.24) is 30.2 Å². The summed E-state index contributed by atoms with van der Waals surface area (Å²) in [6, 6.07) is 1.08. The Morgan fingerprint density at radius 3 is 2.01 bits per heavy atom. The number of unbranched alkanes of at least 4 members (excludes halogenated alkanes) is 2. The Morgan fingerprint density at radius 1 is 0.851 bits per heavy atom. The van der Waals surface area contributed by atoms with Gasteiger partial charge in [-0.15, -0.1) is 0 Å². The molecule has 1 fully saturated rings. The van der Waals surface area contributed by atoms with E-state index < -0.39 is 71.9 Å². The van der Waals surface area contributed by atoms with Crippen molar-refractivity contribution in [3.63, 3.8) is 0 Å². The maximum atomic E-state index is 14.6. The lowest BCUT2D eigenvalue weighted by atomic mass is 9.89. The molecule has 0 saturated carbocycles. The minimum absolute atomic E-state index is 0.0646. The average molecular weight is 943 g/mol. The first-order chi connectivity index (χ1) is 31.6. The number of carboxylic acid groups (broad SMARTS) is 1. The molecule has 0 bridgehead atoms. The normalized spacial score (nSPS) is 18.6. The van der Waals surface area contributed by atoms with Gasteiger partial charge in [0.05, 0.1) is 36.6 Å². The molecule has 3 N–H and O–H groups in total. The van der Waals surface area contributed by atoms with E-state index in [0.29, 0.717) is 50.6 Å². The molecular formula is C49H75FN6O11. The Kier molecular flexibility index (Phi) is 22.1. The van der Waals surface area contributed by atoms with Gasteiger partial charge in [0.2, 0.25) is 29.5 Å². The van der Waals surface area contributed by atoms with Crippen LogP contribution in [0.4, 0.5) is 4.39 Å². The molecule has 374 valence electrons. The third kappa shape index (κ3) is 15.1. The minimum Gasteiger partial charge on any atom is -0.480 e. The van der Waals surface area contributed by atoms with Crippen LogP contribution in [-0.4, -0.2) is 156 Å². The summed E-state index contributed by atoms with van der Waals surface area (Å²) >= 11 is 0. The summed E-state index contributed by atoms with van der Waals surface area (Å²) in [4.78, 5) is 112. The van der Waals surface area contributed by atoms with Crippen molar-refractivity contribution < 1.29 is 57.3 Å². The lowest BCUT2D eigenvalue weighted by molar-refractivity contribution is -0.149. The lowest BCUT2D eigenvalue weighted by Crippen LogP contribution is -2.60. The van der Waals surface area contributed by atoms with Crippen LogP contribution in [0.5, 0.6) is 0 Å². The molecule has 1 saturated heterocycles. The minimum atomic E-state index is -1.29. The quantitative estimate of drug-likeness (QED) is 0.0849. The zero-order chi connectivity index (χ0) is 50.3. The number of carbonyl (C=O) groups excluding carboxylic acids is 7. The largest absolute Gasteiger partial charge is 0.480 e. The van der Waals surface area contributed by atoms with Crippen molar-refractivity contribution in [3.8, 4) is 0 Å². The molecule has 0 spiro atoms. The van der Waals surface area contributed by atoms with Crippen LogP contribution in [-0.2, 0) is 54.3 Å². The van der Waals surface area contributed by atoms with E-state index >= 15 is 0 Å². The summed E-state index contributed by atoms with van der Waals surface area (Å²) in [7, 11) is 6.13. The summed E-state index contributed by atoms with van der Waals surface area (Å²) in [6.45, 7) is 13.5. The predicted molar refractivity (Wildman–Crippen MR) is 248 cm³/mol. The molecule has 2 aliphatic rings. The zero-order valence-electron chi connectivity index (χ0n) is 41.3. The Hall–Kier alpha value is -5.23. The Bertz CT molecular complexity index is 1890. The third-order valence-corrected chi connectivity index (χ3v) is 13.3. The number of carbonyl (C=O) groups is 8. The fourth-order valence-corrected chi connectivity index (χ4v) is 9.27. The van der Waals surface area contributed by atoms with Crippen molar-refractivity contribution in [1.29, 1.82) is 0 Å². The number of nitrogens with one attached hydrogen (secondary N) is 2. The summed E-state index contributed by atoms with van der Waals surface area (Å²) in [5.41, 5.74) is 0.530. The monoisotopic (exact) mass is 943 g/mol. The first-order valence-electron chi connectivity index (χ1n) is 23.6. The SMILES string of the molecule is CC[C@H](C)[C@@H]([C@@H](CC(=O)N1CCC[C@H]1[C@H](OC)[C@@H](C)C(=O)N[C@@H](Cc1ccc(F)cc1)C(=O)O)OC)N(C)C(=O)[C@@H](NC(=O)C(C(C)C)N(C)C(=O)CCCCCN1C(=O)C=CC1=O)C(C)C. The molecule has 9 atom stereocenters. The van der Waals surface area contributed by atoms with Gasteiger partial charge in [0.15, 0.2) is 0 Å². The number of benzene rings is 1. The van der Waals surface area contributed by atoms with Crippen molar-refractivity contribution >= 4 is 47.3 Å². The summed E-state index contributed by atoms with van der Waals surface area (Å²) < 4.78 is 25.4. The Balaban J connectivity index is 1.71. The molecule has 1 aromatic carbocycles. The van der Waals surface area contributed by atoms with Crippen molar-refractivity contribution in [2.24, 2.45) is 23.7 Å². The molecule has 2 aliphatic heterocycles. The topological polar surface area (TPSA) is 212 Å². The predicted octanol–water partition coefficient (Wildman–Crippen LogP) is 3.97. The van der Waals surface area contributed by atoms with E-state index in [4.69, 9.17) is 9.47 Å². The van der Waals surface area contributed by atoms with Gasteiger partial charge in [-0.05, 0) is 61.1 Å². The molecule has 2 heterocycles. The number of halogens is 1. The highest BCUT2D eigenvalue weighted by molar-refractivity contribution is 6.12. The maximum absolute atomic E-state index is 14.6. The second kappa shape index (κ2) is 26.3. The summed E-state index contributed by atoms with van der Waals surface area (Å²) in [6.07, 6.45) is 4.32. The molecule has 18 heteroatoms. The second-order valence-electron chi connectivity index (χ2n) is 18.7. The Labute approximate surface area is 395 Å². The first-order valence-corrected chi connectivity index (χ1v) is 23.6. The Morgan fingerprint density at radius 2 is 1.48 bits per heavy atom. The van der Waals surface area contributed by atoms with Crippen LogP contribution in [0.1, 0.15) is 105 Å². The highest BCUT2D eigenvalue weighted by Gasteiger charge is 2.44. The van der Waals surface area contributed by atoms with E-state index in [1.165, 1.54) is 55.5 Å². The standard InChI is InChI=1S/C49H75FN6O11/c1-12-31(6)44(54(9)48(63)42(29(2)3)52-47(62)43(30(4)5)53(8)38(57)18-14-13-15-25-56-39(58)23-24-40(56)59)37(66-10)28-41(60)55-26-16-17-36(55)45(67-11)32(7)46(61)51-35(49(64)65)27-33-19-21-34(50)22-20-33/h19-24,29-32,35-37,42-45H,12-18,25-28H2,1-11H3,(H,51,61)(H,52,62)(H,64,65)/t31-,32+,35-,36-,37+,42-,43?,44-,45+/m0/s1. The number of likely N-dealkylation sites (tertiary alicyclic amines) is 1. The van der Waals surface area contributed by atoms with Crippen LogP contribution >= 0.6 is 0 Å². The van der Waals surface area contributed by atoms with Crippen LogP contribution in [0.15, 0.2) is 36.4 Å². The van der Waals surface area contributed by atoms with Gasteiger partial charge in [0.25, 0.3) is 11.8 Å². The number of hydrogen-bond acceptors (Lipinski definition) is 10. The highest BCUT2D eigenvalue weighted by Crippen LogP contribution is 2.30. The number of aliphatic carboxylic acids is 1. The first kappa shape index (κ1) is 56.1. The number of methoxy groups -OCH3 is 2. The highest BCUT2D eigenvalue weighted by atomic mass is 19.1. The van der Waals surface area contributed by atoms with Crippen LogP contribution < -0.4 is 10.6 Å². The van der Waals surface area contributed by atoms with Gasteiger partial charge in [0, 0.05) is 66.4 Å². The number of ether oxygens (including phenoxy) is 2. The van der Waals surface area contributed by atoms with Gasteiger partial charge in [-0.25, -0.2) is 9.18 Å². The third-order valence-electron chi connectivity index (χ3n) is 13.3. The number of hydrogen-bond donors (Lipinski definition) is 3. The molecule has 0 aliphatic carbocycles. The van der Waals surface area contributed by atoms with Crippen molar-refractivity contribution in [2.45, 2.75) is 149 Å². The summed E-state index contributed by atoms with van der Waals surface area (Å²) in [5, 5.41) is 15.5. The number of carboxylic acids is 1. The number of imide groups is 1. The number of nitrogens with zero attached hydrogens (tertiary/aromatic N) is 4. The number of rotatable bonds is 27. The summed E-state index contributed by atoms with van der Waals surface area (Å²) in [5.74, 6) is -6.06. The fraction of sp³-hybridized carbons (Fsp3) is 0.673. The van der Waals surface area contributed by atoms with Gasteiger partial charge >= 0.3 is 5.97 Å². The molecular weight excluding hydrogens is 868 g/mol. The molecule has 0 aromatic heterocycles. The van der Waals surface area contributed by atoms with E-state index in [1.807, 2.05) is 41.5 Å². The van der Waals surface area contributed by atoms with Gasteiger partial charge in [-0.3, -0.25) is 38.5 Å². The van der Waals surface area contributed by atoms with Crippen LogP contribution in [0, 0.1) is 29.5 Å². The smallest absolute Gasteiger partial charge is 0.326 e. The zero-order valence-corrected chi connectivity index (χ0v) is 41.3. The molecule has 1 unspecified atom stereocenters. The average Bonchev–Trinajstić information content (AvgIpc) is 3.90. The second-order valence-corrected chi connectivity index (χ2v) is 18.7. The van der Waals surface area contributed by atoms with E-state index in [2.05, 4.69) is 10.6 Å². The van der Waals surface area contributed by atoms with Gasteiger partial charge in [-0.1, -0.05) is 73.4 Å². The van der Waals surface area contributed by atoms with Crippen molar-refractivity contribution in [3.05, 3.63) is 47.8 Å². The number of likely N-dealkylation sites (N-methyl/N-ethyl adjacent to an activating group) is 2. The molecule has 67 heavy (non-hydrogen) atoms. The van der Waals surface area contributed by atoms with Crippen LogP contribution in [0.2, 0.25) is 0 Å². The maximum Gasteiger partial charge on any atom is 0.326 e. The molecule has 1 aromatic rings. The van der Waals surface area contributed by atoms with E-state index in [9.17, 15) is 47.9 Å². The van der Waals surface area contributed by atoms with E-state index in [-0.39, 0.29) is 73.1 Å². The molecule has 3 rings (SSSR count). The van der Waals surface area contributed by atoms with Crippen LogP contribution in [0.25, 0.3) is 0 Å². The van der Waals surface area contributed by atoms with Gasteiger partial charge in [-0.2, -0.15) is 0 Å². The van der Waals surface area contributed by atoms with E-state index in [1.54, 1.807) is 30.8 Å². The van der Waals surface area contributed by atoms with Gasteiger partial charge < -0.3 is 39.9 Å². The number of amides is 7. The van der Waals surface area contributed by atoms with Crippen LogP contribution in [0.3, 0.4) is 0 Å². The lowest BCUT2D eigenvalue weighted by Gasteiger charge is -2.41.